The molecule has 0 aliphatic carbocycles. The minimum absolute atomic E-state index is 0.0567. The molecule has 0 aromatic carbocycles. The zero-order chi connectivity index (χ0) is 18.8. The minimum Gasteiger partial charge on any atom is -0.479 e. The van der Waals surface area contributed by atoms with Crippen molar-refractivity contribution in [2.45, 2.75) is 0 Å². The number of hydrogen-bond acceptors (Lipinski definition) is 7. The van der Waals surface area contributed by atoms with Crippen LogP contribution in [0.1, 0.15) is 10.4 Å². The van der Waals surface area contributed by atoms with Crippen LogP contribution in [0, 0.1) is 0 Å². The molecule has 0 unspecified atom stereocenters. The van der Waals surface area contributed by atoms with E-state index in [1.54, 1.807) is 29.3 Å². The van der Waals surface area contributed by atoms with Gasteiger partial charge >= 0.3 is 0 Å². The van der Waals surface area contributed by atoms with Crippen LogP contribution in [-0.2, 0) is 7.05 Å². The highest BCUT2D eigenvalue weighted by atomic mass is 32.1. The van der Waals surface area contributed by atoms with Crippen molar-refractivity contribution < 1.29 is 9.53 Å². The van der Waals surface area contributed by atoms with Crippen LogP contribution in [0.5, 0.6) is 5.88 Å². The molecule has 0 radical (unpaired) electrons. The zero-order valence-electron chi connectivity index (χ0n) is 15.2. The van der Waals surface area contributed by atoms with Gasteiger partial charge in [-0.3, -0.25) is 9.48 Å². The molecule has 0 atom stereocenters. The molecule has 140 valence electrons. The molecule has 3 aromatic rings. The van der Waals surface area contributed by atoms with Gasteiger partial charge in [0.25, 0.3) is 5.91 Å². The first-order valence-corrected chi connectivity index (χ1v) is 9.53. The lowest BCUT2D eigenvalue weighted by atomic mass is 10.2. The standard InChI is InChI=1S/C18H20N6O2S/c1-22-12-13(17(21-22)26-2)18(25)24-9-7-23(8-10-24)16-6-5-14(19-20-16)15-4-3-11-27-15/h3-6,11-12H,7-10H2,1-2H3. The van der Waals surface area contributed by atoms with Crippen molar-refractivity contribution in [3.05, 3.63) is 41.4 Å². The molecule has 0 bridgehead atoms. The minimum atomic E-state index is -0.0567. The molecule has 0 spiro atoms. The topological polar surface area (TPSA) is 76.4 Å². The van der Waals surface area contributed by atoms with Gasteiger partial charge < -0.3 is 14.5 Å². The van der Waals surface area contributed by atoms with Crippen molar-refractivity contribution >= 4 is 23.1 Å². The van der Waals surface area contributed by atoms with Crippen molar-refractivity contribution in [3.8, 4) is 16.5 Å². The van der Waals surface area contributed by atoms with Crippen LogP contribution in [-0.4, -0.2) is 64.1 Å². The summed E-state index contributed by atoms with van der Waals surface area (Å²) in [4.78, 5) is 17.8. The van der Waals surface area contributed by atoms with E-state index in [0.717, 1.165) is 16.4 Å². The number of nitrogens with zero attached hydrogens (tertiary/aromatic N) is 6. The Kier molecular flexibility index (Phi) is 4.76. The molecule has 1 saturated heterocycles. The molecule has 8 nitrogen and oxygen atoms in total. The molecule has 1 fully saturated rings. The Morgan fingerprint density at radius 3 is 2.59 bits per heavy atom. The third-order valence-electron chi connectivity index (χ3n) is 4.53. The van der Waals surface area contributed by atoms with Crippen LogP contribution in [0.25, 0.3) is 10.6 Å². The van der Waals surface area contributed by atoms with Crippen LogP contribution in [0.2, 0.25) is 0 Å². The fourth-order valence-corrected chi connectivity index (χ4v) is 3.81. The van der Waals surface area contributed by atoms with Crippen molar-refractivity contribution in [1.29, 1.82) is 0 Å². The van der Waals surface area contributed by atoms with E-state index in [2.05, 4.69) is 20.2 Å². The monoisotopic (exact) mass is 384 g/mol. The lowest BCUT2D eigenvalue weighted by Crippen LogP contribution is -2.49. The molecule has 0 N–H and O–H groups in total. The zero-order valence-corrected chi connectivity index (χ0v) is 16.0. The number of anilines is 1. The number of aromatic nitrogens is 4. The highest BCUT2D eigenvalue weighted by Gasteiger charge is 2.26. The smallest absolute Gasteiger partial charge is 0.261 e. The van der Waals surface area contributed by atoms with Crippen molar-refractivity contribution in [2.24, 2.45) is 7.05 Å². The molecule has 4 rings (SSSR count). The van der Waals surface area contributed by atoms with E-state index in [1.807, 2.05) is 34.5 Å². The maximum Gasteiger partial charge on any atom is 0.261 e. The maximum atomic E-state index is 12.8. The Hall–Kier alpha value is -2.94. The second-order valence-corrected chi connectivity index (χ2v) is 7.21. The van der Waals surface area contributed by atoms with E-state index in [9.17, 15) is 4.79 Å². The van der Waals surface area contributed by atoms with Crippen LogP contribution in [0.15, 0.2) is 35.8 Å². The fraction of sp³-hybridized carbons (Fsp3) is 0.333. The van der Waals surface area contributed by atoms with Crippen LogP contribution >= 0.6 is 11.3 Å². The fourth-order valence-electron chi connectivity index (χ4n) is 3.12. The van der Waals surface area contributed by atoms with E-state index in [4.69, 9.17) is 4.74 Å². The Balaban J connectivity index is 1.40. The molecule has 0 saturated carbocycles. The number of ether oxygens (including phenoxy) is 1. The summed E-state index contributed by atoms with van der Waals surface area (Å²) in [5.74, 6) is 1.14. The second-order valence-electron chi connectivity index (χ2n) is 6.26. The number of amides is 1. The lowest BCUT2D eigenvalue weighted by Gasteiger charge is -2.35. The first-order valence-electron chi connectivity index (χ1n) is 8.65. The van der Waals surface area contributed by atoms with Gasteiger partial charge in [0.15, 0.2) is 5.82 Å². The van der Waals surface area contributed by atoms with Crippen LogP contribution in [0.4, 0.5) is 5.82 Å². The highest BCUT2D eigenvalue weighted by Crippen LogP contribution is 2.24. The van der Waals surface area contributed by atoms with Crippen molar-refractivity contribution in [1.82, 2.24) is 24.9 Å². The first-order chi connectivity index (χ1) is 13.2. The molecule has 1 aliphatic rings. The maximum absolute atomic E-state index is 12.8. The number of methoxy groups -OCH3 is 1. The molecule has 9 heteroatoms. The van der Waals surface area contributed by atoms with Gasteiger partial charge in [0.05, 0.1) is 12.0 Å². The number of thiophene rings is 1. The third-order valence-corrected chi connectivity index (χ3v) is 5.43. The van der Waals surface area contributed by atoms with E-state index < -0.39 is 0 Å². The average Bonchev–Trinajstić information content (AvgIpc) is 3.37. The van der Waals surface area contributed by atoms with E-state index >= 15 is 0 Å². The molecule has 1 aliphatic heterocycles. The summed E-state index contributed by atoms with van der Waals surface area (Å²) in [6, 6.07) is 8.02. The summed E-state index contributed by atoms with van der Waals surface area (Å²) in [5.41, 5.74) is 1.37. The summed E-state index contributed by atoms with van der Waals surface area (Å²) in [6.07, 6.45) is 1.70. The normalized spacial score (nSPS) is 14.4. The number of rotatable bonds is 4. The number of piperazine rings is 1. The summed E-state index contributed by atoms with van der Waals surface area (Å²) < 4.78 is 6.79. The Morgan fingerprint density at radius 2 is 1.96 bits per heavy atom. The number of hydrogen-bond donors (Lipinski definition) is 0. The van der Waals surface area contributed by atoms with Gasteiger partial charge in [0, 0.05) is 39.4 Å². The Labute approximate surface area is 161 Å². The second kappa shape index (κ2) is 7.36. The van der Waals surface area contributed by atoms with Gasteiger partial charge in [-0.1, -0.05) is 6.07 Å². The Bertz CT molecular complexity index is 914. The average molecular weight is 384 g/mol. The first kappa shape index (κ1) is 17.5. The third kappa shape index (κ3) is 3.50. The van der Waals surface area contributed by atoms with Crippen LogP contribution < -0.4 is 9.64 Å². The SMILES string of the molecule is COc1nn(C)cc1C(=O)N1CCN(c2ccc(-c3cccs3)nn2)CC1. The van der Waals surface area contributed by atoms with Crippen molar-refractivity contribution in [2.75, 3.05) is 38.2 Å². The van der Waals surface area contributed by atoms with E-state index in [1.165, 1.54) is 7.11 Å². The molecular formula is C18H20N6O2S. The predicted molar refractivity (Wildman–Crippen MR) is 103 cm³/mol. The van der Waals surface area contributed by atoms with Gasteiger partial charge in [0.1, 0.15) is 11.3 Å². The lowest BCUT2D eigenvalue weighted by molar-refractivity contribution is 0.0743. The number of carbonyl (C=O) groups is 1. The molecule has 27 heavy (non-hydrogen) atoms. The van der Waals surface area contributed by atoms with Gasteiger partial charge in [-0.05, 0) is 23.6 Å². The van der Waals surface area contributed by atoms with Gasteiger partial charge in [-0.25, -0.2) is 0 Å². The number of aryl methyl sites for hydroxylation is 1. The molecule has 1 amide bonds. The summed E-state index contributed by atoms with van der Waals surface area (Å²) in [5, 5.41) is 14.9. The number of carbonyl (C=O) groups excluding carboxylic acids is 1. The van der Waals surface area contributed by atoms with Gasteiger partial charge in [-0.2, -0.15) is 0 Å². The predicted octanol–water partition coefficient (Wildman–Crippen LogP) is 1.91. The highest BCUT2D eigenvalue weighted by molar-refractivity contribution is 7.13. The van der Waals surface area contributed by atoms with Crippen LogP contribution in [0.3, 0.4) is 0 Å². The summed E-state index contributed by atoms with van der Waals surface area (Å²) in [7, 11) is 3.30. The molecule has 4 heterocycles. The molecule has 3 aromatic heterocycles. The summed E-state index contributed by atoms with van der Waals surface area (Å²) >= 11 is 1.65. The van der Waals surface area contributed by atoms with Gasteiger partial charge in [0.2, 0.25) is 5.88 Å². The Morgan fingerprint density at radius 1 is 1.15 bits per heavy atom. The summed E-state index contributed by atoms with van der Waals surface area (Å²) in [6.45, 7) is 2.65. The molecular weight excluding hydrogens is 364 g/mol. The van der Waals surface area contributed by atoms with E-state index in [0.29, 0.717) is 37.6 Å². The quantitative estimate of drug-likeness (QED) is 0.684. The largest absolute Gasteiger partial charge is 0.479 e. The van der Waals surface area contributed by atoms with Gasteiger partial charge in [-0.15, -0.1) is 26.6 Å². The van der Waals surface area contributed by atoms with E-state index in [-0.39, 0.29) is 5.91 Å². The van der Waals surface area contributed by atoms with Crippen molar-refractivity contribution in [3.63, 3.8) is 0 Å².